The molecule has 0 radical (unpaired) electrons. The highest BCUT2D eigenvalue weighted by Gasteiger charge is 2.40. The van der Waals surface area contributed by atoms with Gasteiger partial charge in [0.1, 0.15) is 5.82 Å². The Morgan fingerprint density at radius 2 is 1.79 bits per heavy atom. The zero-order chi connectivity index (χ0) is 21.4. The summed E-state index contributed by atoms with van der Waals surface area (Å²) in [6.45, 7) is 0. The molecule has 29 heavy (non-hydrogen) atoms. The number of amides is 1. The number of carbonyl (C=O) groups excluding carboxylic acids is 1. The normalized spacial score (nSPS) is 12.0. The lowest BCUT2D eigenvalue weighted by Crippen LogP contribution is -2.20. The van der Waals surface area contributed by atoms with Gasteiger partial charge in [-0.1, -0.05) is 12.1 Å². The Labute approximate surface area is 162 Å². The topological polar surface area (TPSA) is 81.1 Å². The van der Waals surface area contributed by atoms with Crippen molar-refractivity contribution in [2.24, 2.45) is 0 Å². The van der Waals surface area contributed by atoms with Gasteiger partial charge in [-0.3, -0.25) is 4.79 Å². The van der Waals surface area contributed by atoms with Crippen molar-refractivity contribution in [2.75, 3.05) is 11.6 Å². The molecule has 6 nitrogen and oxygen atoms in total. The second-order valence-corrected chi connectivity index (χ2v) is 8.07. The largest absolute Gasteiger partial charge is 0.434 e. The molecule has 3 aromatic rings. The number of aromatic nitrogens is 2. The van der Waals surface area contributed by atoms with Crippen LogP contribution in [-0.4, -0.2) is 30.4 Å². The molecule has 0 saturated carbocycles. The number of nitrogens with one attached hydrogen (secondary N) is 1. The summed E-state index contributed by atoms with van der Waals surface area (Å²) in [5.41, 5.74) is -2.41. The van der Waals surface area contributed by atoms with Gasteiger partial charge in [0.2, 0.25) is 0 Å². The van der Waals surface area contributed by atoms with E-state index in [2.05, 4.69) is 10.4 Å². The first kappa shape index (κ1) is 20.5. The Balaban J connectivity index is 2.02. The molecule has 0 aliphatic rings. The molecule has 2 aromatic carbocycles. The average Bonchev–Trinajstić information content (AvgIpc) is 3.07. The van der Waals surface area contributed by atoms with E-state index < -0.39 is 39.0 Å². The third-order valence-electron chi connectivity index (χ3n) is 3.86. The van der Waals surface area contributed by atoms with Crippen molar-refractivity contribution in [1.29, 1.82) is 0 Å². The minimum Gasteiger partial charge on any atom is -0.322 e. The first-order valence-corrected chi connectivity index (χ1v) is 9.88. The summed E-state index contributed by atoms with van der Waals surface area (Å²) < 4.78 is 78.0. The molecular weight excluding hydrogens is 414 g/mol. The lowest BCUT2D eigenvalue weighted by molar-refractivity contribution is -0.143. The summed E-state index contributed by atoms with van der Waals surface area (Å²) in [6.07, 6.45) is -3.30. The van der Waals surface area contributed by atoms with Crippen molar-refractivity contribution in [1.82, 2.24) is 9.78 Å². The van der Waals surface area contributed by atoms with Crippen LogP contribution in [0.15, 0.2) is 59.6 Å². The maximum absolute atomic E-state index is 13.6. The minimum absolute atomic E-state index is 0.00967. The number of benzene rings is 2. The molecule has 1 aromatic heterocycles. The maximum Gasteiger partial charge on any atom is 0.434 e. The number of rotatable bonds is 4. The van der Waals surface area contributed by atoms with Gasteiger partial charge in [-0.2, -0.15) is 18.3 Å². The SMILES string of the molecule is CS(=O)(=O)c1cccc(NC(=O)c2cnn(-c3cccc(F)c3)c2C(F)(F)F)c1. The van der Waals surface area contributed by atoms with Crippen LogP contribution >= 0.6 is 0 Å². The molecule has 1 amide bonds. The third-order valence-corrected chi connectivity index (χ3v) is 4.97. The Bertz CT molecular complexity index is 1190. The third kappa shape index (κ3) is 4.45. The van der Waals surface area contributed by atoms with Gasteiger partial charge in [0.15, 0.2) is 15.5 Å². The van der Waals surface area contributed by atoms with Crippen LogP contribution in [0, 0.1) is 5.82 Å². The zero-order valence-corrected chi connectivity index (χ0v) is 15.6. The molecule has 3 rings (SSSR count). The van der Waals surface area contributed by atoms with Crippen molar-refractivity contribution in [3.05, 3.63) is 71.8 Å². The van der Waals surface area contributed by atoms with Crippen molar-refractivity contribution >= 4 is 21.4 Å². The van der Waals surface area contributed by atoms with E-state index >= 15 is 0 Å². The van der Waals surface area contributed by atoms with Crippen LogP contribution in [0.3, 0.4) is 0 Å². The van der Waals surface area contributed by atoms with Crippen LogP contribution in [-0.2, 0) is 16.0 Å². The van der Waals surface area contributed by atoms with E-state index in [0.717, 1.165) is 24.5 Å². The number of halogens is 4. The lowest BCUT2D eigenvalue weighted by Gasteiger charge is -2.13. The van der Waals surface area contributed by atoms with Gasteiger partial charge in [0.25, 0.3) is 5.91 Å². The van der Waals surface area contributed by atoms with Crippen LogP contribution in [0.25, 0.3) is 5.69 Å². The van der Waals surface area contributed by atoms with E-state index in [-0.39, 0.29) is 16.3 Å². The Hall–Kier alpha value is -3.21. The summed E-state index contributed by atoms with van der Waals surface area (Å²) in [7, 11) is -3.58. The van der Waals surface area contributed by atoms with Crippen molar-refractivity contribution in [3.8, 4) is 5.69 Å². The Kier molecular flexibility index (Phi) is 5.18. The molecule has 11 heteroatoms. The summed E-state index contributed by atoms with van der Waals surface area (Å²) in [5.74, 6) is -1.92. The molecule has 0 bridgehead atoms. The number of alkyl halides is 3. The molecule has 152 valence electrons. The summed E-state index contributed by atoms with van der Waals surface area (Å²) >= 11 is 0. The highest BCUT2D eigenvalue weighted by Crippen LogP contribution is 2.34. The van der Waals surface area contributed by atoms with Crippen molar-refractivity contribution in [3.63, 3.8) is 0 Å². The molecule has 0 spiro atoms. The molecular formula is C18H13F4N3O3S. The molecule has 1 N–H and O–H groups in total. The highest BCUT2D eigenvalue weighted by atomic mass is 32.2. The van der Waals surface area contributed by atoms with E-state index in [1.165, 1.54) is 30.3 Å². The number of anilines is 1. The van der Waals surface area contributed by atoms with Crippen LogP contribution in [0.4, 0.5) is 23.2 Å². The van der Waals surface area contributed by atoms with Gasteiger partial charge < -0.3 is 5.32 Å². The zero-order valence-electron chi connectivity index (χ0n) is 14.7. The number of hydrogen-bond acceptors (Lipinski definition) is 4. The number of hydrogen-bond donors (Lipinski definition) is 1. The van der Waals surface area contributed by atoms with Gasteiger partial charge in [-0.15, -0.1) is 0 Å². The van der Waals surface area contributed by atoms with Gasteiger partial charge >= 0.3 is 6.18 Å². The summed E-state index contributed by atoms with van der Waals surface area (Å²) in [5, 5.41) is 5.82. The predicted octanol–water partition coefficient (Wildman–Crippen LogP) is 3.69. The first-order valence-electron chi connectivity index (χ1n) is 7.99. The Morgan fingerprint density at radius 3 is 2.41 bits per heavy atom. The van der Waals surface area contributed by atoms with Crippen LogP contribution in [0.1, 0.15) is 16.1 Å². The molecule has 0 aliphatic heterocycles. The van der Waals surface area contributed by atoms with E-state index in [9.17, 15) is 30.8 Å². The average molecular weight is 427 g/mol. The van der Waals surface area contributed by atoms with Crippen LogP contribution < -0.4 is 5.32 Å². The molecule has 0 atom stereocenters. The second-order valence-electron chi connectivity index (χ2n) is 6.05. The second kappa shape index (κ2) is 7.32. The summed E-state index contributed by atoms with van der Waals surface area (Å²) in [6, 6.07) is 9.41. The van der Waals surface area contributed by atoms with E-state index in [4.69, 9.17) is 0 Å². The molecule has 0 saturated heterocycles. The highest BCUT2D eigenvalue weighted by molar-refractivity contribution is 7.90. The van der Waals surface area contributed by atoms with Crippen molar-refractivity contribution in [2.45, 2.75) is 11.1 Å². The number of sulfone groups is 1. The minimum atomic E-state index is -4.97. The monoisotopic (exact) mass is 427 g/mol. The fourth-order valence-electron chi connectivity index (χ4n) is 2.59. The quantitative estimate of drug-likeness (QED) is 0.644. The number of carbonyl (C=O) groups is 1. The molecule has 0 unspecified atom stereocenters. The van der Waals surface area contributed by atoms with Crippen LogP contribution in [0.5, 0.6) is 0 Å². The van der Waals surface area contributed by atoms with Gasteiger partial charge in [-0.05, 0) is 36.4 Å². The van der Waals surface area contributed by atoms with Gasteiger partial charge in [0.05, 0.1) is 22.3 Å². The molecule has 0 aliphatic carbocycles. The van der Waals surface area contributed by atoms with Crippen LogP contribution in [0.2, 0.25) is 0 Å². The smallest absolute Gasteiger partial charge is 0.322 e. The van der Waals surface area contributed by atoms with E-state index in [1.54, 1.807) is 0 Å². The standard InChI is InChI=1S/C18H13F4N3O3S/c1-29(27,28)14-7-3-5-12(9-14)24-17(26)15-10-23-25(16(15)18(20,21)22)13-6-2-4-11(19)8-13/h2-10H,1H3,(H,24,26). The maximum atomic E-state index is 13.6. The van der Waals surface area contributed by atoms with Crippen molar-refractivity contribution < 1.29 is 30.8 Å². The molecule has 0 fully saturated rings. The first-order chi connectivity index (χ1) is 13.5. The number of nitrogens with zero attached hydrogens (tertiary/aromatic N) is 2. The van der Waals surface area contributed by atoms with Gasteiger partial charge in [0, 0.05) is 11.9 Å². The van der Waals surface area contributed by atoms with Gasteiger partial charge in [-0.25, -0.2) is 17.5 Å². The fraction of sp³-hybridized carbons (Fsp3) is 0.111. The Morgan fingerprint density at radius 1 is 1.10 bits per heavy atom. The summed E-state index contributed by atoms with van der Waals surface area (Å²) in [4.78, 5) is 12.4. The molecule has 1 heterocycles. The fourth-order valence-corrected chi connectivity index (χ4v) is 3.26. The predicted molar refractivity (Wildman–Crippen MR) is 96.0 cm³/mol. The van der Waals surface area contributed by atoms with E-state index in [0.29, 0.717) is 10.9 Å². The van der Waals surface area contributed by atoms with E-state index in [1.807, 2.05) is 0 Å². The lowest BCUT2D eigenvalue weighted by atomic mass is 10.2.